The summed E-state index contributed by atoms with van der Waals surface area (Å²) in [5.41, 5.74) is 4.35. The monoisotopic (exact) mass is 269 g/mol. The SMILES string of the molecule is Bc1[nH]c2cc(C(=O)OC)ccc2c1C1CCCCC1. The second kappa shape index (κ2) is 5.35. The molecule has 1 saturated carbocycles. The maximum absolute atomic E-state index is 11.6. The highest BCUT2D eigenvalue weighted by atomic mass is 16.5. The second-order valence-electron chi connectivity index (χ2n) is 5.75. The summed E-state index contributed by atoms with van der Waals surface area (Å²) >= 11 is 0. The summed E-state index contributed by atoms with van der Waals surface area (Å²) in [5.74, 6) is 0.389. The highest BCUT2D eigenvalue weighted by Gasteiger charge is 2.21. The van der Waals surface area contributed by atoms with E-state index in [4.69, 9.17) is 4.74 Å². The zero-order valence-electron chi connectivity index (χ0n) is 12.2. The Morgan fingerprint density at radius 1 is 1.30 bits per heavy atom. The molecule has 0 aliphatic heterocycles. The first-order valence-electron chi connectivity index (χ1n) is 7.41. The Kier molecular flexibility index (Phi) is 3.55. The van der Waals surface area contributed by atoms with Gasteiger partial charge in [0.25, 0.3) is 0 Å². The largest absolute Gasteiger partial charge is 0.465 e. The molecule has 1 aromatic heterocycles. The Labute approximate surface area is 120 Å². The molecule has 0 amide bonds. The molecule has 1 aliphatic rings. The molecule has 0 bridgehead atoms. The molecule has 0 saturated heterocycles. The van der Waals surface area contributed by atoms with Crippen molar-refractivity contribution >= 4 is 30.3 Å². The van der Waals surface area contributed by atoms with Gasteiger partial charge in [-0.2, -0.15) is 0 Å². The maximum atomic E-state index is 11.6. The van der Waals surface area contributed by atoms with Crippen molar-refractivity contribution in [2.45, 2.75) is 38.0 Å². The second-order valence-corrected chi connectivity index (χ2v) is 5.75. The van der Waals surface area contributed by atoms with E-state index in [0.29, 0.717) is 11.5 Å². The number of nitrogens with one attached hydrogen (secondary N) is 1. The van der Waals surface area contributed by atoms with Crippen molar-refractivity contribution in [2.75, 3.05) is 7.11 Å². The first-order chi connectivity index (χ1) is 9.70. The topological polar surface area (TPSA) is 42.1 Å². The van der Waals surface area contributed by atoms with E-state index in [1.807, 2.05) is 12.1 Å². The van der Waals surface area contributed by atoms with Crippen LogP contribution in [0.2, 0.25) is 0 Å². The predicted octanol–water partition coefficient (Wildman–Crippen LogP) is 2.26. The normalized spacial score (nSPS) is 16.4. The number of fused-ring (bicyclic) bond motifs is 1. The summed E-state index contributed by atoms with van der Waals surface area (Å²) < 4.78 is 4.79. The summed E-state index contributed by atoms with van der Waals surface area (Å²) in [4.78, 5) is 15.1. The Bertz CT molecular complexity index is 641. The molecular formula is C16H20BNO2. The van der Waals surface area contributed by atoms with E-state index >= 15 is 0 Å². The average Bonchev–Trinajstić information content (AvgIpc) is 2.82. The number of rotatable bonds is 2. The van der Waals surface area contributed by atoms with Crippen LogP contribution in [0.4, 0.5) is 0 Å². The van der Waals surface area contributed by atoms with Crippen LogP contribution in [0.1, 0.15) is 53.9 Å². The Morgan fingerprint density at radius 2 is 2.05 bits per heavy atom. The van der Waals surface area contributed by atoms with E-state index in [2.05, 4.69) is 18.9 Å². The molecule has 1 aromatic carbocycles. The lowest BCUT2D eigenvalue weighted by Gasteiger charge is -2.22. The van der Waals surface area contributed by atoms with Gasteiger partial charge in [-0.3, -0.25) is 0 Å². The average molecular weight is 269 g/mol. The lowest BCUT2D eigenvalue weighted by Crippen LogP contribution is -2.15. The molecule has 2 aromatic rings. The van der Waals surface area contributed by atoms with E-state index in [-0.39, 0.29) is 5.97 Å². The summed E-state index contributed by atoms with van der Waals surface area (Å²) in [6.07, 6.45) is 6.59. The minimum Gasteiger partial charge on any atom is -0.465 e. The van der Waals surface area contributed by atoms with Gasteiger partial charge in [0.15, 0.2) is 7.85 Å². The smallest absolute Gasteiger partial charge is 0.337 e. The van der Waals surface area contributed by atoms with Gasteiger partial charge in [0.2, 0.25) is 0 Å². The number of benzene rings is 1. The van der Waals surface area contributed by atoms with Crippen LogP contribution in [0.5, 0.6) is 0 Å². The molecule has 3 nitrogen and oxygen atoms in total. The molecule has 0 spiro atoms. The fraction of sp³-hybridized carbons (Fsp3) is 0.438. The van der Waals surface area contributed by atoms with Crippen molar-refractivity contribution in [2.24, 2.45) is 0 Å². The van der Waals surface area contributed by atoms with Crippen molar-refractivity contribution in [3.8, 4) is 0 Å². The molecule has 0 atom stereocenters. The summed E-state index contributed by atoms with van der Waals surface area (Å²) in [6, 6.07) is 5.84. The molecule has 1 N–H and O–H groups in total. The molecule has 104 valence electrons. The van der Waals surface area contributed by atoms with Crippen LogP contribution in [0, 0.1) is 0 Å². The molecule has 0 radical (unpaired) electrons. The fourth-order valence-corrected chi connectivity index (χ4v) is 3.52. The van der Waals surface area contributed by atoms with Gasteiger partial charge in [0.1, 0.15) is 0 Å². The molecular weight excluding hydrogens is 249 g/mol. The highest BCUT2D eigenvalue weighted by molar-refractivity contribution is 6.34. The minimum absolute atomic E-state index is 0.279. The third-order valence-corrected chi connectivity index (χ3v) is 4.47. The van der Waals surface area contributed by atoms with Crippen molar-refractivity contribution < 1.29 is 9.53 Å². The number of aromatic nitrogens is 1. The van der Waals surface area contributed by atoms with E-state index in [0.717, 1.165) is 5.52 Å². The number of methoxy groups -OCH3 is 1. The number of carbonyl (C=O) groups excluding carboxylic acids is 1. The Hall–Kier alpha value is -1.71. The highest BCUT2D eigenvalue weighted by Crippen LogP contribution is 2.35. The molecule has 1 heterocycles. The van der Waals surface area contributed by atoms with Crippen LogP contribution in [0.15, 0.2) is 18.2 Å². The lowest BCUT2D eigenvalue weighted by atomic mass is 9.80. The van der Waals surface area contributed by atoms with Crippen LogP contribution in [-0.2, 0) is 4.74 Å². The number of ether oxygens (including phenoxy) is 1. The zero-order chi connectivity index (χ0) is 14.1. The first kappa shape index (κ1) is 13.3. The summed E-state index contributed by atoms with van der Waals surface area (Å²) in [7, 11) is 3.56. The summed E-state index contributed by atoms with van der Waals surface area (Å²) in [5, 5.41) is 1.27. The first-order valence-corrected chi connectivity index (χ1v) is 7.41. The zero-order valence-corrected chi connectivity index (χ0v) is 12.2. The fourth-order valence-electron chi connectivity index (χ4n) is 3.52. The van der Waals surface area contributed by atoms with Crippen LogP contribution in [0.25, 0.3) is 10.9 Å². The lowest BCUT2D eigenvalue weighted by molar-refractivity contribution is 0.0601. The quantitative estimate of drug-likeness (QED) is 0.671. The van der Waals surface area contributed by atoms with Gasteiger partial charge in [0.05, 0.1) is 12.7 Å². The minimum atomic E-state index is -0.279. The molecule has 1 aliphatic carbocycles. The van der Waals surface area contributed by atoms with E-state index in [1.54, 1.807) is 0 Å². The third kappa shape index (κ3) is 2.24. The standard InChI is InChI=1S/C16H20BNO2/c1-20-16(19)11-7-8-12-13(9-11)18-15(17)14(12)10-5-3-2-4-6-10/h7-10,18H,2-6,17H2,1H3. The van der Waals surface area contributed by atoms with E-state index in [1.165, 1.54) is 55.8 Å². The molecule has 4 heteroatoms. The van der Waals surface area contributed by atoms with Gasteiger partial charge in [-0.25, -0.2) is 4.79 Å². The third-order valence-electron chi connectivity index (χ3n) is 4.47. The number of carbonyl (C=O) groups is 1. The van der Waals surface area contributed by atoms with Crippen LogP contribution in [-0.4, -0.2) is 25.9 Å². The van der Waals surface area contributed by atoms with Gasteiger partial charge >= 0.3 is 5.97 Å². The van der Waals surface area contributed by atoms with Gasteiger partial charge in [-0.15, -0.1) is 0 Å². The maximum Gasteiger partial charge on any atom is 0.337 e. The van der Waals surface area contributed by atoms with Crippen molar-refractivity contribution in [1.82, 2.24) is 4.98 Å². The van der Waals surface area contributed by atoms with Crippen LogP contribution in [0.3, 0.4) is 0 Å². The van der Waals surface area contributed by atoms with Crippen LogP contribution < -0.4 is 5.59 Å². The van der Waals surface area contributed by atoms with Crippen molar-refractivity contribution in [3.05, 3.63) is 29.3 Å². The van der Waals surface area contributed by atoms with E-state index in [9.17, 15) is 4.79 Å². The molecule has 1 fully saturated rings. The molecule has 3 rings (SSSR count). The predicted molar refractivity (Wildman–Crippen MR) is 83.6 cm³/mol. The number of H-pyrrole nitrogens is 1. The van der Waals surface area contributed by atoms with Crippen LogP contribution >= 0.6 is 0 Å². The van der Waals surface area contributed by atoms with Gasteiger partial charge < -0.3 is 9.72 Å². The van der Waals surface area contributed by atoms with Gasteiger partial charge in [-0.05, 0) is 42.0 Å². The number of hydrogen-bond acceptors (Lipinski definition) is 2. The summed E-state index contributed by atoms with van der Waals surface area (Å²) in [6.45, 7) is 0. The number of hydrogen-bond donors (Lipinski definition) is 1. The Morgan fingerprint density at radius 3 is 2.75 bits per heavy atom. The van der Waals surface area contributed by atoms with Crippen molar-refractivity contribution in [1.29, 1.82) is 0 Å². The van der Waals surface area contributed by atoms with Gasteiger partial charge in [-0.1, -0.05) is 25.3 Å². The van der Waals surface area contributed by atoms with E-state index < -0.39 is 0 Å². The Balaban J connectivity index is 2.05. The molecule has 0 unspecified atom stereocenters. The number of esters is 1. The molecule has 20 heavy (non-hydrogen) atoms. The van der Waals surface area contributed by atoms with Gasteiger partial charge in [0, 0.05) is 10.9 Å². The number of aromatic amines is 1. The van der Waals surface area contributed by atoms with Crippen molar-refractivity contribution in [3.63, 3.8) is 0 Å².